The molecule has 1 rings (SSSR count). The van der Waals surface area contributed by atoms with Crippen LogP contribution in [0.1, 0.15) is 0 Å². The molecule has 0 aromatic carbocycles. The number of carbonyl (C=O) groups excluding carboxylic acids is 3. The standard InChI is InChI=1S/C16H24N4O6/c1-11-13(18)12(10-17)15(22)25-8-5-20(4-7-24-14(11)21)6-9-26-16(23)19(2)3/h10,17H,1,4-9,18H2,2-3H3/b13-12+,17-10?. The first-order valence-corrected chi connectivity index (χ1v) is 7.88. The van der Waals surface area contributed by atoms with E-state index in [2.05, 4.69) is 6.58 Å². The fraction of sp³-hybridized carbons (Fsp3) is 0.500. The number of cyclic esters (lactones) is 2. The maximum Gasteiger partial charge on any atom is 0.409 e. The van der Waals surface area contributed by atoms with Gasteiger partial charge in [0.25, 0.3) is 0 Å². The van der Waals surface area contributed by atoms with E-state index in [1.165, 1.54) is 4.90 Å². The zero-order valence-electron chi connectivity index (χ0n) is 14.9. The van der Waals surface area contributed by atoms with E-state index in [4.69, 9.17) is 25.4 Å². The van der Waals surface area contributed by atoms with E-state index in [0.717, 1.165) is 0 Å². The molecule has 1 aliphatic heterocycles. The van der Waals surface area contributed by atoms with Crippen molar-refractivity contribution >= 4 is 24.2 Å². The van der Waals surface area contributed by atoms with Crippen LogP contribution in [0.5, 0.6) is 0 Å². The van der Waals surface area contributed by atoms with Gasteiger partial charge in [-0.3, -0.25) is 4.90 Å². The van der Waals surface area contributed by atoms with Crippen LogP contribution >= 0.6 is 0 Å². The van der Waals surface area contributed by atoms with Crippen molar-refractivity contribution in [3.05, 3.63) is 23.4 Å². The van der Waals surface area contributed by atoms with Crippen LogP contribution in [0.15, 0.2) is 23.4 Å². The molecule has 10 heteroatoms. The summed E-state index contributed by atoms with van der Waals surface area (Å²) in [4.78, 5) is 38.5. The van der Waals surface area contributed by atoms with Gasteiger partial charge in [-0.15, -0.1) is 0 Å². The highest BCUT2D eigenvalue weighted by atomic mass is 16.6. The number of hydrogen-bond acceptors (Lipinski definition) is 9. The molecule has 0 spiro atoms. The number of carbonyl (C=O) groups is 3. The van der Waals surface area contributed by atoms with Crippen LogP contribution in [0, 0.1) is 5.41 Å². The van der Waals surface area contributed by atoms with Crippen molar-refractivity contribution < 1.29 is 28.6 Å². The number of ether oxygens (including phenoxy) is 3. The van der Waals surface area contributed by atoms with Crippen molar-refractivity contribution in [3.8, 4) is 0 Å². The van der Waals surface area contributed by atoms with Gasteiger partial charge in [-0.1, -0.05) is 6.58 Å². The van der Waals surface area contributed by atoms with Crippen molar-refractivity contribution in [2.24, 2.45) is 5.73 Å². The molecule has 0 unspecified atom stereocenters. The monoisotopic (exact) mass is 368 g/mol. The molecule has 0 aromatic heterocycles. The summed E-state index contributed by atoms with van der Waals surface area (Å²) < 4.78 is 15.2. The summed E-state index contributed by atoms with van der Waals surface area (Å²) in [7, 11) is 3.15. The Morgan fingerprint density at radius 2 is 1.88 bits per heavy atom. The van der Waals surface area contributed by atoms with Gasteiger partial charge in [-0.25, -0.2) is 14.4 Å². The molecule has 0 saturated carbocycles. The Bertz CT molecular complexity index is 614. The van der Waals surface area contributed by atoms with Gasteiger partial charge < -0.3 is 30.3 Å². The van der Waals surface area contributed by atoms with E-state index in [1.807, 2.05) is 4.90 Å². The van der Waals surface area contributed by atoms with E-state index in [9.17, 15) is 14.4 Å². The minimum atomic E-state index is -0.828. The van der Waals surface area contributed by atoms with Gasteiger partial charge >= 0.3 is 18.0 Å². The predicted molar refractivity (Wildman–Crippen MR) is 92.5 cm³/mol. The zero-order chi connectivity index (χ0) is 19.7. The van der Waals surface area contributed by atoms with Crippen molar-refractivity contribution in [2.75, 3.05) is 53.6 Å². The molecular formula is C16H24N4O6. The predicted octanol–water partition coefficient (Wildman–Crippen LogP) is -0.495. The third-order valence-corrected chi connectivity index (χ3v) is 3.51. The zero-order valence-corrected chi connectivity index (χ0v) is 14.9. The van der Waals surface area contributed by atoms with Crippen LogP contribution < -0.4 is 5.73 Å². The van der Waals surface area contributed by atoms with E-state index < -0.39 is 18.0 Å². The Labute approximate surface area is 151 Å². The molecule has 1 amide bonds. The summed E-state index contributed by atoms with van der Waals surface area (Å²) in [5.41, 5.74) is 4.98. The Hall–Kier alpha value is -2.88. The van der Waals surface area contributed by atoms with Crippen molar-refractivity contribution in [1.29, 1.82) is 5.41 Å². The maximum absolute atomic E-state index is 12.0. The second-order valence-electron chi connectivity index (χ2n) is 5.57. The quantitative estimate of drug-likeness (QED) is 0.294. The molecule has 1 aliphatic rings. The highest BCUT2D eigenvalue weighted by Gasteiger charge is 2.21. The molecule has 0 atom stereocenters. The van der Waals surface area contributed by atoms with Gasteiger partial charge in [0.2, 0.25) is 0 Å². The first-order chi connectivity index (χ1) is 12.3. The van der Waals surface area contributed by atoms with Gasteiger partial charge in [-0.05, 0) is 0 Å². The number of nitrogens with one attached hydrogen (secondary N) is 1. The average molecular weight is 368 g/mol. The molecule has 144 valence electrons. The summed E-state index contributed by atoms with van der Waals surface area (Å²) in [6.45, 7) is 4.75. The number of nitrogens with two attached hydrogens (primary N) is 1. The van der Waals surface area contributed by atoms with Crippen LogP contribution in [0.3, 0.4) is 0 Å². The molecule has 0 bridgehead atoms. The number of rotatable bonds is 4. The third kappa shape index (κ3) is 6.20. The summed E-state index contributed by atoms with van der Waals surface area (Å²) in [5, 5.41) is 7.29. The van der Waals surface area contributed by atoms with Crippen LogP contribution in [0.25, 0.3) is 0 Å². The highest BCUT2D eigenvalue weighted by molar-refractivity contribution is 6.11. The summed E-state index contributed by atoms with van der Waals surface area (Å²) in [6, 6.07) is 0. The molecule has 0 aromatic rings. The van der Waals surface area contributed by atoms with Crippen LogP contribution in [0.4, 0.5) is 4.79 Å². The summed E-state index contributed by atoms with van der Waals surface area (Å²) >= 11 is 0. The fourth-order valence-electron chi connectivity index (χ4n) is 1.95. The molecule has 0 aliphatic carbocycles. The van der Waals surface area contributed by atoms with Crippen molar-refractivity contribution in [1.82, 2.24) is 9.80 Å². The Kier molecular flexibility index (Phi) is 8.29. The first-order valence-electron chi connectivity index (χ1n) is 7.88. The van der Waals surface area contributed by atoms with Crippen LogP contribution in [-0.4, -0.2) is 87.6 Å². The van der Waals surface area contributed by atoms with Crippen molar-refractivity contribution in [3.63, 3.8) is 0 Å². The normalized spacial score (nSPS) is 20.3. The summed E-state index contributed by atoms with van der Waals surface area (Å²) in [6.07, 6.45) is 0.241. The molecule has 0 saturated heterocycles. The number of nitrogens with zero attached hydrogens (tertiary/aromatic N) is 2. The molecule has 1 heterocycles. The molecule has 0 radical (unpaired) electrons. The van der Waals surface area contributed by atoms with Crippen LogP contribution in [0.2, 0.25) is 0 Å². The van der Waals surface area contributed by atoms with E-state index in [1.54, 1.807) is 14.1 Å². The number of hydrogen-bond donors (Lipinski definition) is 2. The first kappa shape index (κ1) is 21.2. The van der Waals surface area contributed by atoms with Gasteiger partial charge in [0.15, 0.2) is 0 Å². The fourth-order valence-corrected chi connectivity index (χ4v) is 1.95. The minimum Gasteiger partial charge on any atom is -0.461 e. The van der Waals surface area contributed by atoms with Gasteiger partial charge in [0.1, 0.15) is 25.4 Å². The topological polar surface area (TPSA) is 135 Å². The molecule has 10 nitrogen and oxygen atoms in total. The lowest BCUT2D eigenvalue weighted by molar-refractivity contribution is -0.140. The Morgan fingerprint density at radius 3 is 2.42 bits per heavy atom. The second-order valence-corrected chi connectivity index (χ2v) is 5.57. The lowest BCUT2D eigenvalue weighted by Crippen LogP contribution is -2.37. The Morgan fingerprint density at radius 1 is 1.31 bits per heavy atom. The molecular weight excluding hydrogens is 344 g/mol. The lowest BCUT2D eigenvalue weighted by Gasteiger charge is -2.23. The maximum atomic E-state index is 12.0. The van der Waals surface area contributed by atoms with E-state index >= 15 is 0 Å². The van der Waals surface area contributed by atoms with Crippen molar-refractivity contribution in [2.45, 2.75) is 0 Å². The summed E-state index contributed by atoms with van der Waals surface area (Å²) in [5.74, 6) is -1.61. The van der Waals surface area contributed by atoms with E-state index in [-0.39, 0.29) is 36.7 Å². The van der Waals surface area contributed by atoms with E-state index in [0.29, 0.717) is 25.8 Å². The number of amides is 1. The second kappa shape index (κ2) is 10.2. The smallest absolute Gasteiger partial charge is 0.409 e. The average Bonchev–Trinajstić information content (AvgIpc) is 2.59. The third-order valence-electron chi connectivity index (χ3n) is 3.51. The van der Waals surface area contributed by atoms with Crippen LogP contribution in [-0.2, 0) is 23.8 Å². The number of esters is 2. The lowest BCUT2D eigenvalue weighted by atomic mass is 10.1. The molecule has 3 N–H and O–H groups in total. The Balaban J connectivity index is 2.76. The van der Waals surface area contributed by atoms with Gasteiger partial charge in [-0.2, -0.15) is 0 Å². The minimum absolute atomic E-state index is 0.0332. The largest absolute Gasteiger partial charge is 0.461 e. The van der Waals surface area contributed by atoms with Gasteiger partial charge in [0.05, 0.1) is 11.3 Å². The highest BCUT2D eigenvalue weighted by Crippen LogP contribution is 2.11. The molecule has 26 heavy (non-hydrogen) atoms. The SMILES string of the molecule is C=C1C(=O)OCCN(CCOC(=O)N(C)C)CCOC(=O)/C(C=N)=C\1N. The van der Waals surface area contributed by atoms with Gasteiger partial charge in [0, 0.05) is 39.9 Å². The molecule has 0 fully saturated rings.